The number of methoxy groups -OCH3 is 1. The minimum Gasteiger partial charge on any atom is -0.497 e. The number of nitrogens with one attached hydrogen (secondary N) is 1. The van der Waals surface area contributed by atoms with E-state index in [-0.39, 0.29) is 6.42 Å². The molecule has 0 heterocycles. The van der Waals surface area contributed by atoms with Gasteiger partial charge < -0.3 is 4.74 Å². The molecule has 0 saturated heterocycles. The van der Waals surface area contributed by atoms with Crippen molar-refractivity contribution in [2.75, 3.05) is 7.11 Å². The van der Waals surface area contributed by atoms with Gasteiger partial charge in [0.25, 0.3) is 0 Å². The fourth-order valence-corrected chi connectivity index (χ4v) is 2.29. The Labute approximate surface area is 126 Å². The van der Waals surface area contributed by atoms with Gasteiger partial charge >= 0.3 is 0 Å². The van der Waals surface area contributed by atoms with Gasteiger partial charge in [-0.3, -0.25) is 11.3 Å². The van der Waals surface area contributed by atoms with E-state index in [1.807, 2.05) is 0 Å². The van der Waals surface area contributed by atoms with Crippen molar-refractivity contribution in [2.24, 2.45) is 5.84 Å². The van der Waals surface area contributed by atoms with Crippen LogP contribution in [0.15, 0.2) is 36.4 Å². The number of benzene rings is 2. The Bertz CT molecular complexity index is 637. The van der Waals surface area contributed by atoms with Crippen molar-refractivity contribution in [3.8, 4) is 5.75 Å². The van der Waals surface area contributed by atoms with Gasteiger partial charge in [0.1, 0.15) is 17.4 Å². The van der Waals surface area contributed by atoms with E-state index in [2.05, 4.69) is 5.43 Å². The highest BCUT2D eigenvalue weighted by Crippen LogP contribution is 2.27. The summed E-state index contributed by atoms with van der Waals surface area (Å²) in [5, 5.41) is 0.408. The molecule has 0 saturated carbocycles. The van der Waals surface area contributed by atoms with Crippen molar-refractivity contribution < 1.29 is 13.5 Å². The fraction of sp³-hybridized carbons (Fsp3) is 0.200. The first kappa shape index (κ1) is 15.7. The summed E-state index contributed by atoms with van der Waals surface area (Å²) < 4.78 is 32.3. The van der Waals surface area contributed by atoms with Gasteiger partial charge in [-0.25, -0.2) is 8.78 Å². The van der Waals surface area contributed by atoms with Crippen molar-refractivity contribution in [3.63, 3.8) is 0 Å². The lowest BCUT2D eigenvalue weighted by molar-refractivity contribution is 0.409. The third-order valence-corrected chi connectivity index (χ3v) is 3.58. The van der Waals surface area contributed by atoms with Crippen LogP contribution in [0.1, 0.15) is 17.2 Å². The minimum absolute atomic E-state index is 0.260. The Morgan fingerprint density at radius 2 is 2.00 bits per heavy atom. The van der Waals surface area contributed by atoms with Crippen molar-refractivity contribution in [1.82, 2.24) is 5.43 Å². The molecule has 0 spiro atoms. The molecule has 21 heavy (non-hydrogen) atoms. The maximum absolute atomic E-state index is 14.1. The van der Waals surface area contributed by atoms with E-state index in [9.17, 15) is 8.78 Å². The number of halogens is 3. The molecule has 2 aromatic rings. The predicted molar refractivity (Wildman–Crippen MR) is 78.1 cm³/mol. The van der Waals surface area contributed by atoms with Crippen LogP contribution in [0.4, 0.5) is 8.78 Å². The van der Waals surface area contributed by atoms with Crippen LogP contribution in [0.2, 0.25) is 5.02 Å². The normalized spacial score (nSPS) is 12.2. The maximum Gasteiger partial charge on any atom is 0.131 e. The lowest BCUT2D eigenvalue weighted by Crippen LogP contribution is -2.30. The third kappa shape index (κ3) is 3.69. The summed E-state index contributed by atoms with van der Waals surface area (Å²) in [6.07, 6.45) is 0.260. The number of hydrazine groups is 1. The Hall–Kier alpha value is -1.69. The first-order valence-electron chi connectivity index (χ1n) is 6.28. The zero-order valence-electron chi connectivity index (χ0n) is 11.4. The van der Waals surface area contributed by atoms with Gasteiger partial charge in [-0.1, -0.05) is 17.7 Å². The molecule has 3 N–H and O–H groups in total. The van der Waals surface area contributed by atoms with Gasteiger partial charge in [-0.2, -0.15) is 0 Å². The van der Waals surface area contributed by atoms with Crippen molar-refractivity contribution in [1.29, 1.82) is 0 Å². The van der Waals surface area contributed by atoms with E-state index in [0.29, 0.717) is 21.9 Å². The molecule has 0 amide bonds. The summed E-state index contributed by atoms with van der Waals surface area (Å²) in [6.45, 7) is 0. The minimum atomic E-state index is -0.532. The Morgan fingerprint density at radius 3 is 2.62 bits per heavy atom. The standard InChI is InChI=1S/C15H15ClF2N2O/c1-21-11-3-4-12(14(18)8-11)15(20-19)7-9-6-10(17)2-5-13(9)16/h2-6,8,15,20H,7,19H2,1H3. The number of hydrogen-bond acceptors (Lipinski definition) is 3. The molecule has 0 aliphatic rings. The number of rotatable bonds is 5. The Balaban J connectivity index is 2.29. The van der Waals surface area contributed by atoms with Gasteiger partial charge in [0.2, 0.25) is 0 Å². The molecule has 2 rings (SSSR count). The second-order valence-corrected chi connectivity index (χ2v) is 4.95. The first-order valence-corrected chi connectivity index (χ1v) is 6.66. The maximum atomic E-state index is 14.1. The summed E-state index contributed by atoms with van der Waals surface area (Å²) in [7, 11) is 1.46. The van der Waals surface area contributed by atoms with E-state index in [0.717, 1.165) is 0 Å². The van der Waals surface area contributed by atoms with Crippen LogP contribution in [-0.2, 0) is 6.42 Å². The SMILES string of the molecule is COc1ccc(C(Cc2cc(F)ccc2Cl)NN)c(F)c1. The van der Waals surface area contributed by atoms with E-state index in [4.69, 9.17) is 22.2 Å². The molecule has 1 atom stereocenters. The van der Waals surface area contributed by atoms with E-state index < -0.39 is 17.7 Å². The van der Waals surface area contributed by atoms with Gasteiger partial charge in [-0.05, 0) is 36.2 Å². The van der Waals surface area contributed by atoms with Crippen LogP contribution in [0.3, 0.4) is 0 Å². The first-order chi connectivity index (χ1) is 10.0. The molecular formula is C15H15ClF2N2O. The van der Waals surface area contributed by atoms with Crippen LogP contribution >= 0.6 is 11.6 Å². The lowest BCUT2D eigenvalue weighted by Gasteiger charge is -2.18. The molecule has 2 aromatic carbocycles. The second-order valence-electron chi connectivity index (χ2n) is 4.55. The second kappa shape index (κ2) is 6.85. The van der Waals surface area contributed by atoms with Crippen LogP contribution < -0.4 is 16.0 Å². The average molecular weight is 313 g/mol. The monoisotopic (exact) mass is 312 g/mol. The number of nitrogens with two attached hydrogens (primary N) is 1. The van der Waals surface area contributed by atoms with Crippen LogP contribution in [0.5, 0.6) is 5.75 Å². The van der Waals surface area contributed by atoms with Crippen molar-refractivity contribution >= 4 is 11.6 Å². The largest absolute Gasteiger partial charge is 0.497 e. The molecule has 0 aliphatic carbocycles. The molecule has 0 aliphatic heterocycles. The highest BCUT2D eigenvalue weighted by Gasteiger charge is 2.17. The number of ether oxygens (including phenoxy) is 1. The van der Waals surface area contributed by atoms with Gasteiger partial charge in [-0.15, -0.1) is 0 Å². The van der Waals surface area contributed by atoms with Gasteiger partial charge in [0, 0.05) is 16.7 Å². The zero-order valence-corrected chi connectivity index (χ0v) is 12.1. The quantitative estimate of drug-likeness (QED) is 0.657. The summed E-state index contributed by atoms with van der Waals surface area (Å²) in [6, 6.07) is 7.99. The fourth-order valence-electron chi connectivity index (χ4n) is 2.10. The molecule has 0 radical (unpaired) electrons. The molecule has 0 aromatic heterocycles. The topological polar surface area (TPSA) is 47.3 Å². The molecule has 1 unspecified atom stereocenters. The van der Waals surface area contributed by atoms with Crippen molar-refractivity contribution in [2.45, 2.75) is 12.5 Å². The molecule has 6 heteroatoms. The van der Waals surface area contributed by atoms with Gasteiger partial charge in [0.15, 0.2) is 0 Å². The lowest BCUT2D eigenvalue weighted by atomic mass is 9.98. The predicted octanol–water partition coefficient (Wildman–Crippen LogP) is 3.37. The highest BCUT2D eigenvalue weighted by molar-refractivity contribution is 6.31. The van der Waals surface area contributed by atoms with Gasteiger partial charge in [0.05, 0.1) is 13.2 Å². The summed E-state index contributed by atoms with van der Waals surface area (Å²) in [5.74, 6) is 5.05. The van der Waals surface area contributed by atoms with Crippen LogP contribution in [0.25, 0.3) is 0 Å². The van der Waals surface area contributed by atoms with Crippen LogP contribution in [-0.4, -0.2) is 7.11 Å². The van der Waals surface area contributed by atoms with Crippen LogP contribution in [0, 0.1) is 11.6 Å². The number of hydrogen-bond donors (Lipinski definition) is 2. The zero-order chi connectivity index (χ0) is 15.4. The summed E-state index contributed by atoms with van der Waals surface area (Å²) >= 11 is 6.02. The Morgan fingerprint density at radius 1 is 1.24 bits per heavy atom. The van der Waals surface area contributed by atoms with E-state index in [1.165, 1.54) is 31.4 Å². The Kier molecular flexibility index (Phi) is 5.12. The summed E-state index contributed by atoms with van der Waals surface area (Å²) in [4.78, 5) is 0. The highest BCUT2D eigenvalue weighted by atomic mass is 35.5. The molecule has 0 fully saturated rings. The average Bonchev–Trinajstić information content (AvgIpc) is 2.48. The molecular weight excluding hydrogens is 298 g/mol. The molecule has 112 valence electrons. The van der Waals surface area contributed by atoms with Crippen molar-refractivity contribution in [3.05, 3.63) is 64.2 Å². The summed E-state index contributed by atoms with van der Waals surface area (Å²) in [5.41, 5.74) is 3.44. The van der Waals surface area contributed by atoms with E-state index in [1.54, 1.807) is 12.1 Å². The molecule has 0 bridgehead atoms. The molecule has 3 nitrogen and oxygen atoms in total. The smallest absolute Gasteiger partial charge is 0.131 e. The third-order valence-electron chi connectivity index (χ3n) is 3.22. The van der Waals surface area contributed by atoms with E-state index >= 15 is 0 Å².